The molecule has 0 fully saturated rings. The van der Waals surface area contributed by atoms with Crippen molar-refractivity contribution in [3.8, 4) is 5.82 Å². The van der Waals surface area contributed by atoms with Crippen molar-refractivity contribution in [2.24, 2.45) is 0 Å². The fourth-order valence-corrected chi connectivity index (χ4v) is 2.32. The maximum absolute atomic E-state index is 13.6. The van der Waals surface area contributed by atoms with E-state index >= 15 is 0 Å². The molecule has 122 valence electrons. The monoisotopic (exact) mass is 328 g/mol. The number of aryl methyl sites for hydroxylation is 2. The van der Waals surface area contributed by atoms with Crippen LogP contribution >= 0.6 is 0 Å². The quantitative estimate of drug-likeness (QED) is 0.801. The van der Waals surface area contributed by atoms with Gasteiger partial charge >= 0.3 is 0 Å². The van der Waals surface area contributed by atoms with E-state index < -0.39 is 17.5 Å². The molecule has 0 saturated heterocycles. The van der Waals surface area contributed by atoms with Gasteiger partial charge in [0.2, 0.25) is 0 Å². The second-order valence-electron chi connectivity index (χ2n) is 5.32. The lowest BCUT2D eigenvalue weighted by Crippen LogP contribution is -2.14. The summed E-state index contributed by atoms with van der Waals surface area (Å²) in [5.41, 5.74) is 1.97. The Bertz CT molecular complexity index is 903. The van der Waals surface area contributed by atoms with Crippen LogP contribution in [0.5, 0.6) is 0 Å². The second-order valence-corrected chi connectivity index (χ2v) is 5.32. The third-order valence-electron chi connectivity index (χ3n) is 3.41. The van der Waals surface area contributed by atoms with Crippen LogP contribution in [0.4, 0.5) is 14.5 Å². The number of aromatic nitrogens is 3. The first-order valence-electron chi connectivity index (χ1n) is 7.20. The lowest BCUT2D eigenvalue weighted by atomic mass is 10.2. The van der Waals surface area contributed by atoms with E-state index in [9.17, 15) is 13.6 Å². The van der Waals surface area contributed by atoms with Crippen molar-refractivity contribution in [2.45, 2.75) is 13.8 Å². The summed E-state index contributed by atoms with van der Waals surface area (Å²) in [7, 11) is 0. The number of carbonyl (C=O) groups excluding carboxylic acids is 1. The Morgan fingerprint density at radius 2 is 1.92 bits per heavy atom. The van der Waals surface area contributed by atoms with E-state index in [0.717, 1.165) is 23.5 Å². The molecule has 2 aromatic heterocycles. The first-order valence-corrected chi connectivity index (χ1v) is 7.20. The number of hydrogen-bond donors (Lipinski definition) is 1. The van der Waals surface area contributed by atoms with Crippen LogP contribution < -0.4 is 5.32 Å². The molecule has 0 atom stereocenters. The Morgan fingerprint density at radius 3 is 2.50 bits per heavy atom. The zero-order valence-corrected chi connectivity index (χ0v) is 13.0. The molecule has 1 amide bonds. The van der Waals surface area contributed by atoms with Crippen LogP contribution in [0.2, 0.25) is 0 Å². The van der Waals surface area contributed by atoms with Gasteiger partial charge in [-0.2, -0.15) is 5.10 Å². The minimum absolute atomic E-state index is 0.237. The number of hydrogen-bond acceptors (Lipinski definition) is 3. The summed E-state index contributed by atoms with van der Waals surface area (Å²) in [4.78, 5) is 16.3. The molecule has 0 bridgehead atoms. The molecule has 0 saturated carbocycles. The van der Waals surface area contributed by atoms with E-state index in [1.165, 1.54) is 6.20 Å². The van der Waals surface area contributed by atoms with Crippen molar-refractivity contribution in [2.75, 3.05) is 5.32 Å². The van der Waals surface area contributed by atoms with Crippen LogP contribution in [0.25, 0.3) is 5.82 Å². The number of anilines is 1. The maximum Gasteiger partial charge on any atom is 0.258 e. The average Bonchev–Trinajstić information content (AvgIpc) is 2.86. The SMILES string of the molecule is Cc1cc(C)n(-c2ccc(NC(=O)c3ccc(F)cc3F)cn2)n1. The van der Waals surface area contributed by atoms with Gasteiger partial charge in [-0.15, -0.1) is 0 Å². The molecule has 1 N–H and O–H groups in total. The highest BCUT2D eigenvalue weighted by molar-refractivity contribution is 6.04. The first kappa shape index (κ1) is 15.8. The Hall–Kier alpha value is -3.09. The minimum Gasteiger partial charge on any atom is -0.320 e. The number of carbonyl (C=O) groups is 1. The average molecular weight is 328 g/mol. The van der Waals surface area contributed by atoms with Crippen LogP contribution in [0, 0.1) is 25.5 Å². The van der Waals surface area contributed by atoms with Crippen LogP contribution in [0.1, 0.15) is 21.7 Å². The lowest BCUT2D eigenvalue weighted by Gasteiger charge is -2.08. The lowest BCUT2D eigenvalue weighted by molar-refractivity contribution is 0.102. The number of benzene rings is 1. The molecule has 0 aliphatic heterocycles. The highest BCUT2D eigenvalue weighted by Crippen LogP contribution is 2.15. The van der Waals surface area contributed by atoms with Crippen molar-refractivity contribution in [3.05, 3.63) is 71.2 Å². The highest BCUT2D eigenvalue weighted by atomic mass is 19.1. The maximum atomic E-state index is 13.6. The molecule has 0 unspecified atom stereocenters. The van der Waals surface area contributed by atoms with Crippen molar-refractivity contribution in [1.82, 2.24) is 14.8 Å². The zero-order valence-electron chi connectivity index (χ0n) is 13.0. The van der Waals surface area contributed by atoms with Gasteiger partial charge < -0.3 is 5.32 Å². The molecule has 0 aliphatic rings. The summed E-state index contributed by atoms with van der Waals surface area (Å²) >= 11 is 0. The van der Waals surface area contributed by atoms with Gasteiger partial charge in [0.25, 0.3) is 5.91 Å². The molecular weight excluding hydrogens is 314 g/mol. The van der Waals surface area contributed by atoms with E-state index in [1.54, 1.807) is 16.8 Å². The molecule has 3 aromatic rings. The number of halogens is 2. The van der Waals surface area contributed by atoms with Gasteiger partial charge in [-0.05, 0) is 44.2 Å². The Morgan fingerprint density at radius 1 is 1.12 bits per heavy atom. The Labute approximate surface area is 137 Å². The summed E-state index contributed by atoms with van der Waals surface area (Å²) in [6.07, 6.45) is 1.45. The summed E-state index contributed by atoms with van der Waals surface area (Å²) in [5, 5.41) is 6.84. The van der Waals surface area contributed by atoms with Crippen molar-refractivity contribution in [1.29, 1.82) is 0 Å². The van der Waals surface area contributed by atoms with E-state index in [-0.39, 0.29) is 5.56 Å². The minimum atomic E-state index is -0.917. The van der Waals surface area contributed by atoms with Crippen LogP contribution in [-0.2, 0) is 0 Å². The Balaban J connectivity index is 1.79. The second kappa shape index (κ2) is 6.19. The van der Waals surface area contributed by atoms with Gasteiger partial charge in [0.05, 0.1) is 23.1 Å². The number of nitrogens with zero attached hydrogens (tertiary/aromatic N) is 3. The fraction of sp³-hybridized carbons (Fsp3) is 0.118. The van der Waals surface area contributed by atoms with Crippen LogP contribution in [-0.4, -0.2) is 20.7 Å². The standard InChI is InChI=1S/C17H14F2N4O/c1-10-7-11(2)23(22-10)16-6-4-13(9-20-16)21-17(24)14-5-3-12(18)8-15(14)19/h3-9H,1-2H3,(H,21,24). The van der Waals surface area contributed by atoms with Gasteiger partial charge in [-0.3, -0.25) is 4.79 Å². The predicted octanol–water partition coefficient (Wildman–Crippen LogP) is 3.41. The zero-order chi connectivity index (χ0) is 17.3. The molecule has 0 aliphatic carbocycles. The van der Waals surface area contributed by atoms with Gasteiger partial charge in [0.15, 0.2) is 5.82 Å². The number of nitrogens with one attached hydrogen (secondary N) is 1. The molecule has 1 aromatic carbocycles. The van der Waals surface area contributed by atoms with Crippen molar-refractivity contribution < 1.29 is 13.6 Å². The molecule has 0 spiro atoms. The highest BCUT2D eigenvalue weighted by Gasteiger charge is 2.13. The third-order valence-corrected chi connectivity index (χ3v) is 3.41. The van der Waals surface area contributed by atoms with E-state index in [1.807, 2.05) is 19.9 Å². The van der Waals surface area contributed by atoms with E-state index in [2.05, 4.69) is 15.4 Å². The molecular formula is C17H14F2N4O. The van der Waals surface area contributed by atoms with Gasteiger partial charge in [-0.25, -0.2) is 18.4 Å². The topological polar surface area (TPSA) is 59.8 Å². The summed E-state index contributed by atoms with van der Waals surface area (Å²) in [6.45, 7) is 3.80. The number of rotatable bonds is 3. The predicted molar refractivity (Wildman–Crippen MR) is 85.1 cm³/mol. The molecule has 24 heavy (non-hydrogen) atoms. The summed E-state index contributed by atoms with van der Waals surface area (Å²) in [5.74, 6) is -1.72. The summed E-state index contributed by atoms with van der Waals surface area (Å²) < 4.78 is 28.2. The van der Waals surface area contributed by atoms with Crippen molar-refractivity contribution in [3.63, 3.8) is 0 Å². The molecule has 5 nitrogen and oxygen atoms in total. The van der Waals surface area contributed by atoms with Gasteiger partial charge in [0.1, 0.15) is 11.6 Å². The Kier molecular flexibility index (Phi) is 4.07. The van der Waals surface area contributed by atoms with Crippen LogP contribution in [0.3, 0.4) is 0 Å². The molecule has 2 heterocycles. The van der Waals surface area contributed by atoms with Gasteiger partial charge in [-0.1, -0.05) is 0 Å². The van der Waals surface area contributed by atoms with E-state index in [4.69, 9.17) is 0 Å². The van der Waals surface area contributed by atoms with Gasteiger partial charge in [0, 0.05) is 11.8 Å². The smallest absolute Gasteiger partial charge is 0.258 e. The largest absolute Gasteiger partial charge is 0.320 e. The molecule has 7 heteroatoms. The molecule has 3 rings (SSSR count). The third kappa shape index (κ3) is 3.15. The van der Waals surface area contributed by atoms with E-state index in [0.29, 0.717) is 17.6 Å². The first-order chi connectivity index (χ1) is 11.4. The van der Waals surface area contributed by atoms with Crippen molar-refractivity contribution >= 4 is 11.6 Å². The number of amides is 1. The molecule has 0 radical (unpaired) electrons. The van der Waals surface area contributed by atoms with Crippen LogP contribution in [0.15, 0.2) is 42.6 Å². The fourth-order valence-electron chi connectivity index (χ4n) is 2.32. The number of pyridine rings is 1. The normalized spacial score (nSPS) is 10.7. The summed E-state index contributed by atoms with van der Waals surface area (Å²) in [6, 6.07) is 8.04.